The van der Waals surface area contributed by atoms with Crippen molar-refractivity contribution in [2.75, 3.05) is 6.54 Å². The van der Waals surface area contributed by atoms with Gasteiger partial charge in [-0.15, -0.1) is 0 Å². The second-order valence-corrected chi connectivity index (χ2v) is 4.01. The maximum absolute atomic E-state index is 11.5. The van der Waals surface area contributed by atoms with Crippen LogP contribution < -0.4 is 5.32 Å². The third-order valence-corrected chi connectivity index (χ3v) is 2.55. The molecule has 0 aliphatic heterocycles. The summed E-state index contributed by atoms with van der Waals surface area (Å²) in [6.45, 7) is 0.525. The number of ketones is 1. The molecule has 0 spiro atoms. The molecule has 3 nitrogen and oxygen atoms in total. The fourth-order valence-electron chi connectivity index (χ4n) is 1.45. The molecular formula is C12H16N2O. The van der Waals surface area contributed by atoms with Crippen LogP contribution in [0.25, 0.3) is 0 Å². The van der Waals surface area contributed by atoms with E-state index in [0.29, 0.717) is 19.0 Å². The van der Waals surface area contributed by atoms with Crippen LogP contribution in [-0.4, -0.2) is 23.4 Å². The molecule has 0 aromatic carbocycles. The molecule has 80 valence electrons. The second kappa shape index (κ2) is 5.03. The van der Waals surface area contributed by atoms with Crippen molar-refractivity contribution in [3.05, 3.63) is 30.1 Å². The highest BCUT2D eigenvalue weighted by molar-refractivity contribution is 5.80. The molecule has 1 fully saturated rings. The highest BCUT2D eigenvalue weighted by Gasteiger charge is 2.20. The van der Waals surface area contributed by atoms with E-state index in [0.717, 1.165) is 12.1 Å². The molecule has 1 aromatic heterocycles. The highest BCUT2D eigenvalue weighted by Crippen LogP contribution is 2.18. The van der Waals surface area contributed by atoms with Crippen molar-refractivity contribution in [2.24, 2.45) is 0 Å². The van der Waals surface area contributed by atoms with Crippen molar-refractivity contribution >= 4 is 5.78 Å². The number of carbonyl (C=O) groups excluding carboxylic acids is 1. The van der Waals surface area contributed by atoms with E-state index in [-0.39, 0.29) is 5.78 Å². The Morgan fingerprint density at radius 3 is 3.00 bits per heavy atom. The van der Waals surface area contributed by atoms with Crippen LogP contribution >= 0.6 is 0 Å². The van der Waals surface area contributed by atoms with Crippen LogP contribution in [0.1, 0.15) is 25.0 Å². The van der Waals surface area contributed by atoms with E-state index in [4.69, 9.17) is 0 Å². The molecule has 1 aliphatic rings. The topological polar surface area (TPSA) is 42.0 Å². The number of Topliss-reactive ketones (excluding diaryl/α,β-unsaturated/α-hetero) is 1. The fourth-order valence-corrected chi connectivity index (χ4v) is 1.45. The lowest BCUT2D eigenvalue weighted by Gasteiger charge is -2.01. The molecule has 15 heavy (non-hydrogen) atoms. The molecule has 0 saturated heterocycles. The fraction of sp³-hybridized carbons (Fsp3) is 0.500. The zero-order chi connectivity index (χ0) is 10.5. The molecule has 0 amide bonds. The van der Waals surface area contributed by atoms with Gasteiger partial charge >= 0.3 is 0 Å². The normalized spacial score (nSPS) is 15.2. The zero-order valence-electron chi connectivity index (χ0n) is 8.78. The highest BCUT2D eigenvalue weighted by atomic mass is 16.1. The molecule has 0 unspecified atom stereocenters. The number of hydrogen-bond donors (Lipinski definition) is 1. The van der Waals surface area contributed by atoms with Crippen LogP contribution in [0.15, 0.2) is 24.4 Å². The molecule has 0 radical (unpaired) electrons. The third kappa shape index (κ3) is 3.80. The summed E-state index contributed by atoms with van der Waals surface area (Å²) in [5, 5.41) is 3.22. The smallest absolute Gasteiger partial charge is 0.147 e. The average molecular weight is 204 g/mol. The van der Waals surface area contributed by atoms with Gasteiger partial charge in [-0.05, 0) is 31.4 Å². The molecule has 1 saturated carbocycles. The van der Waals surface area contributed by atoms with Crippen molar-refractivity contribution in [3.63, 3.8) is 0 Å². The summed E-state index contributed by atoms with van der Waals surface area (Å²) in [7, 11) is 0. The van der Waals surface area contributed by atoms with E-state index in [2.05, 4.69) is 10.3 Å². The van der Waals surface area contributed by atoms with Crippen LogP contribution in [0.5, 0.6) is 0 Å². The van der Waals surface area contributed by atoms with Gasteiger partial charge in [-0.25, -0.2) is 0 Å². The van der Waals surface area contributed by atoms with Gasteiger partial charge in [-0.1, -0.05) is 6.07 Å². The van der Waals surface area contributed by atoms with Gasteiger partial charge in [0.1, 0.15) is 5.78 Å². The standard InChI is InChI=1S/C12H16N2O/c15-12(9-14-11-4-5-11)7-6-10-3-1-2-8-13-10/h1-3,8,11,14H,4-7,9H2. The Hall–Kier alpha value is -1.22. The molecule has 0 atom stereocenters. The third-order valence-electron chi connectivity index (χ3n) is 2.55. The largest absolute Gasteiger partial charge is 0.307 e. The van der Waals surface area contributed by atoms with E-state index >= 15 is 0 Å². The van der Waals surface area contributed by atoms with Gasteiger partial charge < -0.3 is 5.32 Å². The molecule has 2 rings (SSSR count). The number of rotatable bonds is 6. The lowest BCUT2D eigenvalue weighted by molar-refractivity contribution is -0.118. The first-order valence-electron chi connectivity index (χ1n) is 5.49. The van der Waals surface area contributed by atoms with Crippen LogP contribution in [0.2, 0.25) is 0 Å². The number of hydrogen-bond acceptors (Lipinski definition) is 3. The van der Waals surface area contributed by atoms with Gasteiger partial charge in [0.25, 0.3) is 0 Å². The second-order valence-electron chi connectivity index (χ2n) is 4.01. The molecule has 1 aliphatic carbocycles. The van der Waals surface area contributed by atoms with Crippen LogP contribution in [0.3, 0.4) is 0 Å². The number of aromatic nitrogens is 1. The van der Waals surface area contributed by atoms with Crippen molar-refractivity contribution in [3.8, 4) is 0 Å². The maximum Gasteiger partial charge on any atom is 0.147 e. The Balaban J connectivity index is 1.66. The van der Waals surface area contributed by atoms with E-state index in [1.807, 2.05) is 18.2 Å². The predicted octanol–water partition coefficient (Wildman–Crippen LogP) is 1.34. The van der Waals surface area contributed by atoms with Crippen molar-refractivity contribution < 1.29 is 4.79 Å². The van der Waals surface area contributed by atoms with Crippen molar-refractivity contribution in [2.45, 2.75) is 31.7 Å². The Labute approximate surface area is 89.9 Å². The quantitative estimate of drug-likeness (QED) is 0.760. The van der Waals surface area contributed by atoms with Crippen molar-refractivity contribution in [1.82, 2.24) is 10.3 Å². The van der Waals surface area contributed by atoms with Crippen LogP contribution in [0.4, 0.5) is 0 Å². The van der Waals surface area contributed by atoms with Gasteiger partial charge in [-0.3, -0.25) is 9.78 Å². The van der Waals surface area contributed by atoms with Gasteiger partial charge in [0.2, 0.25) is 0 Å². The van der Waals surface area contributed by atoms with Gasteiger partial charge in [0.05, 0.1) is 6.54 Å². The number of pyridine rings is 1. The molecule has 1 heterocycles. The Morgan fingerprint density at radius 2 is 2.33 bits per heavy atom. The van der Waals surface area contributed by atoms with E-state index < -0.39 is 0 Å². The number of aryl methyl sites for hydroxylation is 1. The summed E-state index contributed by atoms with van der Waals surface area (Å²) < 4.78 is 0. The van der Waals surface area contributed by atoms with Gasteiger partial charge in [0, 0.05) is 24.4 Å². The lowest BCUT2D eigenvalue weighted by Crippen LogP contribution is -2.25. The van der Waals surface area contributed by atoms with Crippen LogP contribution in [-0.2, 0) is 11.2 Å². The predicted molar refractivity (Wildman–Crippen MR) is 58.6 cm³/mol. The summed E-state index contributed by atoms with van der Waals surface area (Å²) in [6.07, 6.45) is 5.58. The van der Waals surface area contributed by atoms with Gasteiger partial charge in [0.15, 0.2) is 0 Å². The Bertz CT molecular complexity index is 320. The lowest BCUT2D eigenvalue weighted by atomic mass is 10.1. The summed E-state index contributed by atoms with van der Waals surface area (Å²) in [6, 6.07) is 6.42. The maximum atomic E-state index is 11.5. The first kappa shape index (κ1) is 10.3. The van der Waals surface area contributed by atoms with Crippen LogP contribution in [0, 0.1) is 0 Å². The number of nitrogens with one attached hydrogen (secondary N) is 1. The molecule has 3 heteroatoms. The van der Waals surface area contributed by atoms with E-state index in [9.17, 15) is 4.79 Å². The van der Waals surface area contributed by atoms with Crippen molar-refractivity contribution in [1.29, 1.82) is 0 Å². The Kier molecular flexibility index (Phi) is 3.45. The molecular weight excluding hydrogens is 188 g/mol. The molecule has 1 N–H and O–H groups in total. The number of nitrogens with zero attached hydrogens (tertiary/aromatic N) is 1. The average Bonchev–Trinajstić information content (AvgIpc) is 3.09. The zero-order valence-corrected chi connectivity index (χ0v) is 8.78. The number of carbonyl (C=O) groups is 1. The first-order valence-corrected chi connectivity index (χ1v) is 5.49. The molecule has 0 bridgehead atoms. The summed E-state index contributed by atoms with van der Waals surface area (Å²) in [4.78, 5) is 15.6. The monoisotopic (exact) mass is 204 g/mol. The minimum atomic E-state index is 0.285. The minimum absolute atomic E-state index is 0.285. The summed E-state index contributed by atoms with van der Waals surface area (Å²) in [5.41, 5.74) is 0.997. The minimum Gasteiger partial charge on any atom is -0.307 e. The summed E-state index contributed by atoms with van der Waals surface area (Å²) in [5.74, 6) is 0.285. The first-order chi connectivity index (χ1) is 7.34. The summed E-state index contributed by atoms with van der Waals surface area (Å²) >= 11 is 0. The van der Waals surface area contributed by atoms with Gasteiger partial charge in [-0.2, -0.15) is 0 Å². The Morgan fingerprint density at radius 1 is 1.47 bits per heavy atom. The van der Waals surface area contributed by atoms with E-state index in [1.165, 1.54) is 12.8 Å². The molecule has 1 aromatic rings. The SMILES string of the molecule is O=C(CCc1ccccn1)CNC1CC1. The van der Waals surface area contributed by atoms with E-state index in [1.54, 1.807) is 6.20 Å².